The van der Waals surface area contributed by atoms with E-state index in [0.29, 0.717) is 0 Å². The van der Waals surface area contributed by atoms with Crippen LogP contribution in [0, 0.1) is 16.7 Å². The number of nitrogens with zero attached hydrogens (tertiary/aromatic N) is 5. The summed E-state index contributed by atoms with van der Waals surface area (Å²) < 4.78 is 0. The van der Waals surface area contributed by atoms with Crippen molar-refractivity contribution in [1.82, 2.24) is 14.9 Å². The normalized spacial score (nSPS) is 17.2. The smallest absolute Gasteiger partial charge is 0.225 e. The molecular formula is C14H21N5. The highest BCUT2D eigenvalue weighted by Gasteiger charge is 2.22. The summed E-state index contributed by atoms with van der Waals surface area (Å²) in [5, 5.41) is 9.02. The van der Waals surface area contributed by atoms with E-state index >= 15 is 0 Å². The van der Waals surface area contributed by atoms with Gasteiger partial charge in [-0.05, 0) is 32.9 Å². The Bertz CT molecular complexity index is 429. The van der Waals surface area contributed by atoms with Gasteiger partial charge in [-0.3, -0.25) is 4.90 Å². The standard InChI is InChI=1S/C14H21N5/c1-14(2,12-15)4-7-18-8-10-19(11-9-18)13-16-5-3-6-17-13/h3,5-6H,4,7-11H2,1-2H3. The molecule has 2 rings (SSSR count). The van der Waals surface area contributed by atoms with Crippen LogP contribution in [0.5, 0.6) is 0 Å². The molecule has 5 heteroatoms. The fourth-order valence-electron chi connectivity index (χ4n) is 2.12. The Kier molecular flexibility index (Phi) is 4.33. The lowest BCUT2D eigenvalue weighted by Gasteiger charge is -2.35. The molecule has 1 aromatic rings. The number of rotatable bonds is 4. The minimum Gasteiger partial charge on any atom is -0.338 e. The SMILES string of the molecule is CC(C)(C#N)CCN1CCN(c2ncccn2)CC1. The molecule has 0 aromatic carbocycles. The van der Waals surface area contributed by atoms with Crippen LogP contribution in [0.2, 0.25) is 0 Å². The lowest BCUT2D eigenvalue weighted by atomic mass is 9.91. The molecule has 1 aliphatic heterocycles. The molecule has 5 nitrogen and oxygen atoms in total. The Morgan fingerprint density at radius 3 is 2.42 bits per heavy atom. The second-order valence-corrected chi connectivity index (χ2v) is 5.62. The molecule has 0 N–H and O–H groups in total. The lowest BCUT2D eigenvalue weighted by Crippen LogP contribution is -2.47. The molecule has 0 saturated carbocycles. The zero-order chi connectivity index (χ0) is 13.7. The molecule has 1 aromatic heterocycles. The topological polar surface area (TPSA) is 56.1 Å². The fraction of sp³-hybridized carbons (Fsp3) is 0.643. The quantitative estimate of drug-likeness (QED) is 0.821. The summed E-state index contributed by atoms with van der Waals surface area (Å²) in [5.74, 6) is 0.819. The summed E-state index contributed by atoms with van der Waals surface area (Å²) in [4.78, 5) is 13.2. The van der Waals surface area contributed by atoms with Crippen molar-refractivity contribution < 1.29 is 0 Å². The molecule has 0 bridgehead atoms. The third kappa shape index (κ3) is 3.90. The van der Waals surface area contributed by atoms with E-state index in [1.54, 1.807) is 12.4 Å². The van der Waals surface area contributed by atoms with E-state index in [0.717, 1.165) is 45.1 Å². The maximum Gasteiger partial charge on any atom is 0.225 e. The molecule has 0 spiro atoms. The Hall–Kier alpha value is -1.67. The molecular weight excluding hydrogens is 238 g/mol. The number of hydrogen-bond acceptors (Lipinski definition) is 5. The van der Waals surface area contributed by atoms with E-state index < -0.39 is 0 Å². The first kappa shape index (κ1) is 13.8. The molecule has 0 unspecified atom stereocenters. The summed E-state index contributed by atoms with van der Waals surface area (Å²) in [5.41, 5.74) is -0.223. The van der Waals surface area contributed by atoms with Gasteiger partial charge in [0, 0.05) is 38.6 Å². The van der Waals surface area contributed by atoms with Gasteiger partial charge in [0.15, 0.2) is 0 Å². The zero-order valence-corrected chi connectivity index (χ0v) is 11.7. The van der Waals surface area contributed by atoms with Crippen molar-refractivity contribution in [1.29, 1.82) is 5.26 Å². The number of anilines is 1. The zero-order valence-electron chi connectivity index (χ0n) is 11.7. The van der Waals surface area contributed by atoms with Crippen molar-refractivity contribution in [3.63, 3.8) is 0 Å². The van der Waals surface area contributed by atoms with E-state index in [-0.39, 0.29) is 5.41 Å². The molecule has 1 aliphatic rings. The highest BCUT2D eigenvalue weighted by Crippen LogP contribution is 2.19. The Labute approximate surface area is 114 Å². The number of aromatic nitrogens is 2. The molecule has 19 heavy (non-hydrogen) atoms. The first-order chi connectivity index (χ1) is 9.11. The first-order valence-electron chi connectivity index (χ1n) is 6.76. The van der Waals surface area contributed by atoms with Gasteiger partial charge in [-0.15, -0.1) is 0 Å². The van der Waals surface area contributed by atoms with Gasteiger partial charge in [0.05, 0.1) is 11.5 Å². The lowest BCUT2D eigenvalue weighted by molar-refractivity contribution is 0.229. The fourth-order valence-corrected chi connectivity index (χ4v) is 2.12. The number of piperazine rings is 1. The monoisotopic (exact) mass is 259 g/mol. The van der Waals surface area contributed by atoms with Gasteiger partial charge in [-0.2, -0.15) is 5.26 Å². The van der Waals surface area contributed by atoms with E-state index in [2.05, 4.69) is 25.8 Å². The highest BCUT2D eigenvalue weighted by atomic mass is 15.3. The molecule has 1 saturated heterocycles. The van der Waals surface area contributed by atoms with Gasteiger partial charge < -0.3 is 4.90 Å². The summed E-state index contributed by atoms with van der Waals surface area (Å²) in [7, 11) is 0. The molecule has 0 atom stereocenters. The summed E-state index contributed by atoms with van der Waals surface area (Å²) in [6.07, 6.45) is 4.49. The van der Waals surface area contributed by atoms with Gasteiger partial charge >= 0.3 is 0 Å². The van der Waals surface area contributed by atoms with Crippen LogP contribution in [0.3, 0.4) is 0 Å². The largest absolute Gasteiger partial charge is 0.338 e. The van der Waals surface area contributed by atoms with Gasteiger partial charge in [-0.25, -0.2) is 9.97 Å². The molecule has 0 aliphatic carbocycles. The van der Waals surface area contributed by atoms with Gasteiger partial charge in [0.2, 0.25) is 5.95 Å². The maximum atomic E-state index is 9.02. The van der Waals surface area contributed by atoms with Crippen LogP contribution in [0.1, 0.15) is 20.3 Å². The maximum absolute atomic E-state index is 9.02. The summed E-state index contributed by atoms with van der Waals surface area (Å²) in [6, 6.07) is 4.20. The molecule has 2 heterocycles. The number of nitriles is 1. The third-order valence-corrected chi connectivity index (χ3v) is 3.56. The average Bonchev–Trinajstić information content (AvgIpc) is 2.47. The van der Waals surface area contributed by atoms with Gasteiger partial charge in [0.25, 0.3) is 0 Å². The van der Waals surface area contributed by atoms with Crippen LogP contribution < -0.4 is 4.90 Å². The van der Waals surface area contributed by atoms with E-state index in [9.17, 15) is 0 Å². The van der Waals surface area contributed by atoms with E-state index in [1.165, 1.54) is 0 Å². The second kappa shape index (κ2) is 5.98. The predicted octanol–water partition coefficient (Wildman–Crippen LogP) is 1.54. The first-order valence-corrected chi connectivity index (χ1v) is 6.76. The van der Waals surface area contributed by atoms with Crippen molar-refractivity contribution in [3.8, 4) is 6.07 Å². The van der Waals surface area contributed by atoms with Gasteiger partial charge in [-0.1, -0.05) is 0 Å². The van der Waals surface area contributed by atoms with E-state index in [4.69, 9.17) is 5.26 Å². The Morgan fingerprint density at radius 2 is 1.84 bits per heavy atom. The summed E-state index contributed by atoms with van der Waals surface area (Å²) >= 11 is 0. The van der Waals surface area contributed by atoms with Crippen molar-refractivity contribution in [2.24, 2.45) is 5.41 Å². The molecule has 102 valence electrons. The second-order valence-electron chi connectivity index (χ2n) is 5.62. The van der Waals surface area contributed by atoms with Crippen molar-refractivity contribution in [2.45, 2.75) is 20.3 Å². The molecule has 0 amide bonds. The molecule has 0 radical (unpaired) electrons. The number of hydrogen-bond donors (Lipinski definition) is 0. The highest BCUT2D eigenvalue weighted by molar-refractivity contribution is 5.29. The average molecular weight is 259 g/mol. The van der Waals surface area contributed by atoms with Crippen molar-refractivity contribution in [3.05, 3.63) is 18.5 Å². The Morgan fingerprint density at radius 1 is 1.21 bits per heavy atom. The van der Waals surface area contributed by atoms with Crippen LogP contribution in [0.15, 0.2) is 18.5 Å². The Balaban J connectivity index is 1.79. The minimum absolute atomic E-state index is 0.223. The van der Waals surface area contributed by atoms with Crippen LogP contribution in [-0.4, -0.2) is 47.6 Å². The van der Waals surface area contributed by atoms with Crippen LogP contribution in [0.4, 0.5) is 5.95 Å². The van der Waals surface area contributed by atoms with Crippen molar-refractivity contribution >= 4 is 5.95 Å². The molecule has 1 fully saturated rings. The van der Waals surface area contributed by atoms with Crippen LogP contribution in [0.25, 0.3) is 0 Å². The third-order valence-electron chi connectivity index (χ3n) is 3.56. The van der Waals surface area contributed by atoms with Crippen molar-refractivity contribution in [2.75, 3.05) is 37.6 Å². The predicted molar refractivity (Wildman–Crippen MR) is 74.7 cm³/mol. The van der Waals surface area contributed by atoms with Crippen LogP contribution >= 0.6 is 0 Å². The van der Waals surface area contributed by atoms with Gasteiger partial charge in [0.1, 0.15) is 0 Å². The minimum atomic E-state index is -0.223. The van der Waals surface area contributed by atoms with Crippen LogP contribution in [-0.2, 0) is 0 Å². The summed E-state index contributed by atoms with van der Waals surface area (Å²) in [6.45, 7) is 8.93. The van der Waals surface area contributed by atoms with E-state index in [1.807, 2.05) is 19.9 Å².